The Labute approximate surface area is 167 Å². The average Bonchev–Trinajstić information content (AvgIpc) is 3.35. The van der Waals surface area contributed by atoms with E-state index in [2.05, 4.69) is 10.2 Å². The summed E-state index contributed by atoms with van der Waals surface area (Å²) in [7, 11) is 1.56. The highest BCUT2D eigenvalue weighted by Gasteiger charge is 2.40. The van der Waals surface area contributed by atoms with E-state index in [1.54, 1.807) is 7.05 Å². The topological polar surface area (TPSA) is 120 Å². The summed E-state index contributed by atoms with van der Waals surface area (Å²) in [5.41, 5.74) is 5.88. The zero-order chi connectivity index (χ0) is 20.9. The van der Waals surface area contributed by atoms with Gasteiger partial charge < -0.3 is 20.5 Å². The van der Waals surface area contributed by atoms with Gasteiger partial charge in [-0.1, -0.05) is 11.6 Å². The number of allylic oxidation sites excluding steroid dienone is 2. The lowest BCUT2D eigenvalue weighted by Crippen LogP contribution is -2.42. The second-order valence-electron chi connectivity index (χ2n) is 8.14. The largest absolute Gasteiger partial charge is 0.368 e. The number of carbonyl (C=O) groups excluding carboxylic acids is 1. The van der Waals surface area contributed by atoms with Crippen LogP contribution in [0.5, 0.6) is 0 Å². The first-order valence-corrected chi connectivity index (χ1v) is 9.88. The van der Waals surface area contributed by atoms with Crippen molar-refractivity contribution in [3.63, 3.8) is 0 Å². The first-order valence-electron chi connectivity index (χ1n) is 9.88. The van der Waals surface area contributed by atoms with Crippen LogP contribution in [-0.4, -0.2) is 50.3 Å². The number of carbonyl (C=O) groups is 1. The molecule has 2 fully saturated rings. The minimum atomic E-state index is -0.737. The van der Waals surface area contributed by atoms with Crippen molar-refractivity contribution in [1.29, 1.82) is 0 Å². The number of nitrogens with one attached hydrogen (secondary N) is 1. The standard InChI is InChI=1S/C19H27N7O3/c1-11(2)4-6-25-15-16(23(3)19(29)26(17(15)28)10-14(20)27)22-18(25)24-7-5-12-8-21-9-13(12)24/h4,12-13,21H,5-10H2,1-3H3,(H2,20,27). The van der Waals surface area contributed by atoms with Crippen LogP contribution in [0.2, 0.25) is 0 Å². The number of imidazole rings is 1. The summed E-state index contributed by atoms with van der Waals surface area (Å²) in [5, 5.41) is 3.43. The van der Waals surface area contributed by atoms with Crippen LogP contribution in [0, 0.1) is 5.92 Å². The number of anilines is 1. The summed E-state index contributed by atoms with van der Waals surface area (Å²) in [6, 6.07) is 0.321. The molecule has 0 aliphatic carbocycles. The molecular weight excluding hydrogens is 374 g/mol. The van der Waals surface area contributed by atoms with Crippen LogP contribution in [-0.2, 0) is 24.9 Å². The predicted molar refractivity (Wildman–Crippen MR) is 110 cm³/mol. The van der Waals surface area contributed by atoms with Crippen molar-refractivity contribution in [2.24, 2.45) is 18.7 Å². The number of hydrogen-bond donors (Lipinski definition) is 2. The van der Waals surface area contributed by atoms with Gasteiger partial charge in [-0.15, -0.1) is 0 Å². The van der Waals surface area contributed by atoms with Crippen LogP contribution in [0.25, 0.3) is 11.2 Å². The lowest BCUT2D eigenvalue weighted by Gasteiger charge is -2.25. The Kier molecular flexibility index (Phi) is 4.81. The zero-order valence-corrected chi connectivity index (χ0v) is 17.0. The Bertz CT molecular complexity index is 1120. The van der Waals surface area contributed by atoms with Crippen molar-refractivity contribution in [3.8, 4) is 0 Å². The summed E-state index contributed by atoms with van der Waals surface area (Å²) in [5.74, 6) is 0.512. The van der Waals surface area contributed by atoms with Crippen molar-refractivity contribution < 1.29 is 4.79 Å². The summed E-state index contributed by atoms with van der Waals surface area (Å²) in [6.45, 7) is 6.71. The molecule has 0 aromatic carbocycles. The quantitative estimate of drug-likeness (QED) is 0.630. The van der Waals surface area contributed by atoms with Crippen LogP contribution < -0.4 is 27.2 Å². The van der Waals surface area contributed by atoms with Crippen LogP contribution >= 0.6 is 0 Å². The van der Waals surface area contributed by atoms with E-state index in [1.165, 1.54) is 4.57 Å². The Morgan fingerprint density at radius 3 is 2.72 bits per heavy atom. The number of fused-ring (bicyclic) bond motifs is 2. The van der Waals surface area contributed by atoms with Gasteiger partial charge in [0.2, 0.25) is 11.9 Å². The minimum absolute atomic E-state index is 0.315. The first-order chi connectivity index (χ1) is 13.8. The van der Waals surface area contributed by atoms with E-state index >= 15 is 0 Å². The number of nitrogens with zero attached hydrogens (tertiary/aromatic N) is 5. The highest BCUT2D eigenvalue weighted by atomic mass is 16.2. The normalized spacial score (nSPS) is 21.0. The van der Waals surface area contributed by atoms with Crippen molar-refractivity contribution in [2.45, 2.75) is 39.4 Å². The molecule has 0 spiro atoms. The van der Waals surface area contributed by atoms with Crippen molar-refractivity contribution in [1.82, 2.24) is 24.0 Å². The van der Waals surface area contributed by atoms with Gasteiger partial charge in [0.25, 0.3) is 5.56 Å². The molecule has 4 rings (SSSR count). The zero-order valence-electron chi connectivity index (χ0n) is 17.0. The van der Waals surface area contributed by atoms with E-state index in [0.717, 1.165) is 36.2 Å². The molecule has 2 saturated heterocycles. The van der Waals surface area contributed by atoms with Gasteiger partial charge in [0, 0.05) is 39.3 Å². The molecule has 2 aliphatic heterocycles. The molecule has 0 saturated carbocycles. The first kappa shape index (κ1) is 19.4. The van der Waals surface area contributed by atoms with Gasteiger partial charge >= 0.3 is 5.69 Å². The summed E-state index contributed by atoms with van der Waals surface area (Å²) < 4.78 is 4.07. The van der Waals surface area contributed by atoms with E-state index in [-0.39, 0.29) is 0 Å². The second kappa shape index (κ2) is 7.18. The number of amides is 1. The van der Waals surface area contributed by atoms with Crippen LogP contribution in [0.3, 0.4) is 0 Å². The Hall–Kier alpha value is -2.88. The van der Waals surface area contributed by atoms with E-state index in [9.17, 15) is 14.4 Å². The number of hydrogen-bond acceptors (Lipinski definition) is 6. The van der Waals surface area contributed by atoms with Crippen molar-refractivity contribution in [2.75, 3.05) is 24.5 Å². The van der Waals surface area contributed by atoms with Gasteiger partial charge in [-0.3, -0.25) is 14.2 Å². The molecule has 10 nitrogen and oxygen atoms in total. The molecule has 156 valence electrons. The molecule has 4 heterocycles. The molecular formula is C19H27N7O3. The molecule has 1 amide bonds. The predicted octanol–water partition coefficient (Wildman–Crippen LogP) is -0.854. The molecule has 0 radical (unpaired) electrons. The number of nitrogens with two attached hydrogens (primary N) is 1. The van der Waals surface area contributed by atoms with E-state index in [4.69, 9.17) is 10.7 Å². The number of aromatic nitrogens is 4. The Morgan fingerprint density at radius 1 is 1.28 bits per heavy atom. The van der Waals surface area contributed by atoms with E-state index in [1.807, 2.05) is 24.5 Å². The molecule has 29 heavy (non-hydrogen) atoms. The molecule has 2 atom stereocenters. The van der Waals surface area contributed by atoms with Crippen LogP contribution in [0.15, 0.2) is 21.2 Å². The third-order valence-electron chi connectivity index (χ3n) is 5.91. The molecule has 2 aliphatic rings. The van der Waals surface area contributed by atoms with E-state index in [0.29, 0.717) is 35.6 Å². The summed E-state index contributed by atoms with van der Waals surface area (Å²) >= 11 is 0. The van der Waals surface area contributed by atoms with Crippen LogP contribution in [0.1, 0.15) is 20.3 Å². The summed E-state index contributed by atoms with van der Waals surface area (Å²) in [4.78, 5) is 44.3. The van der Waals surface area contributed by atoms with Crippen LogP contribution in [0.4, 0.5) is 5.95 Å². The number of aryl methyl sites for hydroxylation is 1. The second-order valence-corrected chi connectivity index (χ2v) is 8.14. The molecule has 2 unspecified atom stereocenters. The monoisotopic (exact) mass is 401 g/mol. The van der Waals surface area contributed by atoms with Gasteiger partial charge in [0.15, 0.2) is 11.2 Å². The van der Waals surface area contributed by atoms with E-state index < -0.39 is 23.7 Å². The highest BCUT2D eigenvalue weighted by molar-refractivity contribution is 5.77. The third kappa shape index (κ3) is 3.17. The Morgan fingerprint density at radius 2 is 2.03 bits per heavy atom. The molecule has 2 aromatic heterocycles. The van der Waals surface area contributed by atoms with Gasteiger partial charge in [0.05, 0.1) is 0 Å². The van der Waals surface area contributed by atoms with Gasteiger partial charge in [0.1, 0.15) is 6.54 Å². The van der Waals surface area contributed by atoms with Gasteiger partial charge in [-0.05, 0) is 26.2 Å². The SMILES string of the molecule is CC(C)=CCn1c(N2CCC3CNCC32)nc2c1c(=O)n(CC(N)=O)c(=O)n2C. The van der Waals surface area contributed by atoms with Crippen molar-refractivity contribution in [3.05, 3.63) is 32.5 Å². The fourth-order valence-electron chi connectivity index (χ4n) is 4.42. The van der Waals surface area contributed by atoms with Crippen molar-refractivity contribution >= 4 is 23.0 Å². The van der Waals surface area contributed by atoms with Gasteiger partial charge in [-0.2, -0.15) is 4.98 Å². The molecule has 3 N–H and O–H groups in total. The number of primary amides is 1. The molecule has 0 bridgehead atoms. The van der Waals surface area contributed by atoms with Gasteiger partial charge in [-0.25, -0.2) is 9.36 Å². The maximum absolute atomic E-state index is 13.2. The Balaban J connectivity index is 1.97. The molecule has 2 aromatic rings. The lowest BCUT2D eigenvalue weighted by molar-refractivity contribution is -0.118. The number of rotatable bonds is 5. The lowest BCUT2D eigenvalue weighted by atomic mass is 10.1. The maximum Gasteiger partial charge on any atom is 0.332 e. The third-order valence-corrected chi connectivity index (χ3v) is 5.91. The smallest absolute Gasteiger partial charge is 0.332 e. The maximum atomic E-state index is 13.2. The highest BCUT2D eigenvalue weighted by Crippen LogP contribution is 2.32. The summed E-state index contributed by atoms with van der Waals surface area (Å²) in [6.07, 6.45) is 3.09. The molecule has 10 heteroatoms. The fourth-order valence-corrected chi connectivity index (χ4v) is 4.42. The minimum Gasteiger partial charge on any atom is -0.368 e. The fraction of sp³-hybridized carbons (Fsp3) is 0.579. The average molecular weight is 401 g/mol.